The van der Waals surface area contributed by atoms with Crippen molar-refractivity contribution < 1.29 is 23.9 Å². The number of nitriles is 1. The fourth-order valence-corrected chi connectivity index (χ4v) is 4.76. The number of hydrogen-bond acceptors (Lipinski definition) is 7. The molecule has 0 spiro atoms. The highest BCUT2D eigenvalue weighted by Crippen LogP contribution is 2.41. The van der Waals surface area contributed by atoms with E-state index in [0.717, 1.165) is 0 Å². The first kappa shape index (κ1) is 28.2. The fourth-order valence-electron chi connectivity index (χ4n) is 4.56. The highest BCUT2D eigenvalue weighted by Gasteiger charge is 2.43. The SMILES string of the molecule is CC1=NC(C)=C(C(=O)N2CCN(C(=O)OC(C)(C)C)CC2)C(c2cccc(Cl)c2)C1C(=O)OCCC#N. The number of rotatable bonds is 5. The molecule has 1 aromatic rings. The Balaban J connectivity index is 1.90. The molecule has 37 heavy (non-hydrogen) atoms. The van der Waals surface area contributed by atoms with Gasteiger partial charge in [0.2, 0.25) is 0 Å². The second-order valence-electron chi connectivity index (χ2n) is 10.1. The molecule has 10 heteroatoms. The molecule has 0 aliphatic carbocycles. The second-order valence-corrected chi connectivity index (χ2v) is 10.5. The van der Waals surface area contributed by atoms with Crippen molar-refractivity contribution in [3.63, 3.8) is 0 Å². The monoisotopic (exact) mass is 528 g/mol. The Labute approximate surface area is 222 Å². The van der Waals surface area contributed by atoms with Gasteiger partial charge in [-0.15, -0.1) is 0 Å². The molecule has 2 unspecified atom stereocenters. The van der Waals surface area contributed by atoms with Crippen LogP contribution in [0.1, 0.15) is 52.5 Å². The first-order valence-electron chi connectivity index (χ1n) is 12.2. The molecule has 2 aliphatic rings. The number of allylic oxidation sites excluding steroid dienone is 1. The highest BCUT2D eigenvalue weighted by molar-refractivity contribution is 6.30. The molecule has 3 rings (SSSR count). The Bertz CT molecular complexity index is 1160. The van der Waals surface area contributed by atoms with Gasteiger partial charge in [0.15, 0.2) is 0 Å². The van der Waals surface area contributed by atoms with Crippen LogP contribution in [-0.4, -0.2) is 71.9 Å². The average molecular weight is 529 g/mol. The quantitative estimate of drug-likeness (QED) is 0.415. The van der Waals surface area contributed by atoms with E-state index < -0.39 is 29.5 Å². The van der Waals surface area contributed by atoms with Crippen molar-refractivity contribution in [3.8, 4) is 6.07 Å². The van der Waals surface area contributed by atoms with Gasteiger partial charge in [-0.05, 0) is 52.3 Å². The number of esters is 1. The van der Waals surface area contributed by atoms with E-state index >= 15 is 0 Å². The Morgan fingerprint density at radius 3 is 2.38 bits per heavy atom. The number of nitrogens with zero attached hydrogens (tertiary/aromatic N) is 4. The van der Waals surface area contributed by atoms with Crippen molar-refractivity contribution in [1.29, 1.82) is 5.26 Å². The summed E-state index contributed by atoms with van der Waals surface area (Å²) in [7, 11) is 0. The lowest BCUT2D eigenvalue weighted by Crippen LogP contribution is -2.52. The maximum atomic E-state index is 13.9. The molecule has 1 fully saturated rings. The summed E-state index contributed by atoms with van der Waals surface area (Å²) in [6, 6.07) is 9.02. The van der Waals surface area contributed by atoms with Gasteiger partial charge in [0.1, 0.15) is 18.1 Å². The lowest BCUT2D eigenvalue weighted by Gasteiger charge is -2.38. The van der Waals surface area contributed by atoms with Gasteiger partial charge in [0.25, 0.3) is 5.91 Å². The minimum atomic E-state index is -0.845. The number of ether oxygens (including phenoxy) is 2. The van der Waals surface area contributed by atoms with Crippen LogP contribution in [0.5, 0.6) is 0 Å². The van der Waals surface area contributed by atoms with Crippen LogP contribution >= 0.6 is 11.6 Å². The van der Waals surface area contributed by atoms with Crippen LogP contribution in [0.2, 0.25) is 5.02 Å². The van der Waals surface area contributed by atoms with Crippen molar-refractivity contribution in [2.45, 2.75) is 52.6 Å². The molecular weight excluding hydrogens is 496 g/mol. The van der Waals surface area contributed by atoms with Gasteiger partial charge in [-0.25, -0.2) is 4.79 Å². The first-order valence-corrected chi connectivity index (χ1v) is 12.6. The second kappa shape index (κ2) is 11.8. The molecule has 0 radical (unpaired) electrons. The van der Waals surface area contributed by atoms with Gasteiger partial charge in [0.05, 0.1) is 12.5 Å². The summed E-state index contributed by atoms with van der Waals surface area (Å²) in [5, 5.41) is 9.31. The fraction of sp³-hybridized carbons (Fsp3) is 0.519. The van der Waals surface area contributed by atoms with E-state index in [0.29, 0.717) is 53.7 Å². The molecule has 198 valence electrons. The predicted octanol–water partition coefficient (Wildman–Crippen LogP) is 4.32. The molecule has 0 bridgehead atoms. The lowest BCUT2D eigenvalue weighted by molar-refractivity contribution is -0.146. The summed E-state index contributed by atoms with van der Waals surface area (Å²) in [5.74, 6) is -2.31. The van der Waals surface area contributed by atoms with E-state index in [1.165, 1.54) is 0 Å². The number of halogens is 1. The van der Waals surface area contributed by atoms with Gasteiger partial charge in [0, 0.05) is 54.1 Å². The van der Waals surface area contributed by atoms with Crippen LogP contribution in [0.15, 0.2) is 40.5 Å². The molecule has 2 aliphatic heterocycles. The minimum Gasteiger partial charge on any atom is -0.464 e. The number of amides is 2. The Morgan fingerprint density at radius 1 is 1.14 bits per heavy atom. The Kier molecular flexibility index (Phi) is 8.98. The maximum absolute atomic E-state index is 13.9. The van der Waals surface area contributed by atoms with Gasteiger partial charge < -0.3 is 19.3 Å². The van der Waals surface area contributed by atoms with E-state index in [1.807, 2.05) is 32.9 Å². The lowest BCUT2D eigenvalue weighted by atomic mass is 9.75. The third kappa shape index (κ3) is 6.89. The number of aliphatic imine (C=N–C) groups is 1. The zero-order valence-electron chi connectivity index (χ0n) is 21.9. The van der Waals surface area contributed by atoms with E-state index in [1.54, 1.807) is 41.8 Å². The summed E-state index contributed by atoms with van der Waals surface area (Å²) < 4.78 is 10.8. The Morgan fingerprint density at radius 2 is 1.78 bits per heavy atom. The first-order chi connectivity index (χ1) is 17.4. The van der Waals surface area contributed by atoms with Crippen molar-refractivity contribution in [1.82, 2.24) is 9.80 Å². The zero-order valence-corrected chi connectivity index (χ0v) is 22.7. The third-order valence-corrected chi connectivity index (χ3v) is 6.43. The summed E-state index contributed by atoms with van der Waals surface area (Å²) in [5.41, 5.74) is 1.52. The van der Waals surface area contributed by atoms with E-state index in [4.69, 9.17) is 26.3 Å². The van der Waals surface area contributed by atoms with Crippen molar-refractivity contribution in [2.75, 3.05) is 32.8 Å². The molecular formula is C27H33ClN4O5. The molecule has 1 saturated heterocycles. The molecule has 2 atom stereocenters. The number of benzene rings is 1. The standard InChI is InChI=1S/C27H33ClN4O5/c1-17-21(24(33)31-11-13-32(14-12-31)26(35)37-27(3,4)5)23(19-8-6-9-20(28)16-19)22(18(2)30-17)25(34)36-15-7-10-29/h6,8-9,16,22-23H,7,11-15H2,1-5H3. The number of carbonyl (C=O) groups is 3. The molecule has 0 saturated carbocycles. The molecule has 0 N–H and O–H groups in total. The van der Waals surface area contributed by atoms with Gasteiger partial charge >= 0.3 is 12.1 Å². The normalized spacial score (nSPS) is 20.2. The predicted molar refractivity (Wildman–Crippen MR) is 139 cm³/mol. The summed E-state index contributed by atoms with van der Waals surface area (Å²) in [6.45, 7) is 10.2. The van der Waals surface area contributed by atoms with Crippen LogP contribution in [0.25, 0.3) is 0 Å². The summed E-state index contributed by atoms with van der Waals surface area (Å²) in [4.78, 5) is 47.4. The van der Waals surface area contributed by atoms with Crippen LogP contribution < -0.4 is 0 Å². The number of piperazine rings is 1. The molecule has 9 nitrogen and oxygen atoms in total. The third-order valence-electron chi connectivity index (χ3n) is 6.20. The van der Waals surface area contributed by atoms with Gasteiger partial charge in [-0.1, -0.05) is 23.7 Å². The van der Waals surface area contributed by atoms with Crippen LogP contribution in [0.4, 0.5) is 4.79 Å². The minimum absolute atomic E-state index is 0.0417. The van der Waals surface area contributed by atoms with E-state index in [-0.39, 0.29) is 18.9 Å². The smallest absolute Gasteiger partial charge is 0.410 e. The molecule has 1 aromatic carbocycles. The van der Waals surface area contributed by atoms with Gasteiger partial charge in [-0.3, -0.25) is 14.6 Å². The number of carbonyl (C=O) groups excluding carboxylic acids is 3. The summed E-state index contributed by atoms with van der Waals surface area (Å²) >= 11 is 6.29. The maximum Gasteiger partial charge on any atom is 0.410 e. The molecule has 2 heterocycles. The molecule has 0 aromatic heterocycles. The van der Waals surface area contributed by atoms with Gasteiger partial charge in [-0.2, -0.15) is 5.26 Å². The Hall–Kier alpha value is -3.38. The van der Waals surface area contributed by atoms with E-state index in [9.17, 15) is 14.4 Å². The topological polar surface area (TPSA) is 112 Å². The van der Waals surface area contributed by atoms with E-state index in [2.05, 4.69) is 4.99 Å². The average Bonchev–Trinajstić information content (AvgIpc) is 2.82. The molecule has 2 amide bonds. The van der Waals surface area contributed by atoms with Crippen molar-refractivity contribution >= 4 is 35.3 Å². The number of hydrogen-bond donors (Lipinski definition) is 0. The van der Waals surface area contributed by atoms with Crippen LogP contribution in [-0.2, 0) is 19.1 Å². The zero-order chi connectivity index (χ0) is 27.3. The van der Waals surface area contributed by atoms with Crippen molar-refractivity contribution in [2.24, 2.45) is 10.9 Å². The van der Waals surface area contributed by atoms with Crippen LogP contribution in [0.3, 0.4) is 0 Å². The summed E-state index contributed by atoms with van der Waals surface area (Å²) in [6.07, 6.45) is -0.344. The highest BCUT2D eigenvalue weighted by atomic mass is 35.5. The van der Waals surface area contributed by atoms with Crippen molar-refractivity contribution in [3.05, 3.63) is 46.1 Å². The largest absolute Gasteiger partial charge is 0.464 e. The van der Waals surface area contributed by atoms with Crippen LogP contribution in [0, 0.1) is 17.2 Å².